The lowest BCUT2D eigenvalue weighted by molar-refractivity contribution is -0.0564. The third-order valence-corrected chi connectivity index (χ3v) is 4.36. The van der Waals surface area contributed by atoms with E-state index in [-0.39, 0.29) is 6.10 Å². The number of rotatable bonds is 4. The van der Waals surface area contributed by atoms with E-state index in [1.54, 1.807) is 0 Å². The molecule has 3 rings (SSSR count). The van der Waals surface area contributed by atoms with E-state index in [2.05, 4.69) is 42.3 Å². The predicted octanol–water partition coefficient (Wildman–Crippen LogP) is 2.53. The first-order chi connectivity index (χ1) is 10.2. The van der Waals surface area contributed by atoms with Crippen LogP contribution in [0.3, 0.4) is 0 Å². The summed E-state index contributed by atoms with van der Waals surface area (Å²) in [6.45, 7) is 8.94. The van der Waals surface area contributed by atoms with Gasteiger partial charge in [0.25, 0.3) is 0 Å². The Balaban J connectivity index is 1.55. The van der Waals surface area contributed by atoms with Crippen molar-refractivity contribution in [3.05, 3.63) is 23.8 Å². The number of benzene rings is 1. The number of nitrogens with one attached hydrogen (secondary N) is 1. The molecule has 1 aromatic rings. The summed E-state index contributed by atoms with van der Waals surface area (Å²) in [4.78, 5) is 2.45. The smallest absolute Gasteiger partial charge is 0.121 e. The highest BCUT2D eigenvalue weighted by molar-refractivity contribution is 5.56. The lowest BCUT2D eigenvalue weighted by atomic mass is 10.0. The number of ether oxygens (including phenoxy) is 2. The molecule has 4 heteroatoms. The second kappa shape index (κ2) is 6.67. The van der Waals surface area contributed by atoms with Crippen LogP contribution in [0.25, 0.3) is 0 Å². The van der Waals surface area contributed by atoms with Gasteiger partial charge in [-0.1, -0.05) is 6.07 Å². The van der Waals surface area contributed by atoms with Crippen molar-refractivity contribution in [3.8, 4) is 5.75 Å². The molecule has 21 heavy (non-hydrogen) atoms. The van der Waals surface area contributed by atoms with Crippen molar-refractivity contribution in [1.29, 1.82) is 0 Å². The van der Waals surface area contributed by atoms with Crippen LogP contribution in [-0.2, 0) is 11.2 Å². The summed E-state index contributed by atoms with van der Waals surface area (Å²) in [5.74, 6) is 0.938. The number of aryl methyl sites for hydroxylation is 1. The lowest BCUT2D eigenvalue weighted by Gasteiger charge is -2.35. The van der Waals surface area contributed by atoms with Crippen LogP contribution in [0.4, 0.5) is 5.69 Å². The SMILES string of the molecule is CC(C)N1CCOC(COc2ccc3c(c2)NCCC3)C1. The van der Waals surface area contributed by atoms with E-state index < -0.39 is 0 Å². The third-order valence-electron chi connectivity index (χ3n) is 4.36. The highest BCUT2D eigenvalue weighted by Gasteiger charge is 2.22. The average Bonchev–Trinajstić information content (AvgIpc) is 2.53. The minimum Gasteiger partial charge on any atom is -0.491 e. The Kier molecular flexibility index (Phi) is 4.66. The van der Waals surface area contributed by atoms with E-state index in [1.807, 2.05) is 0 Å². The molecule has 0 spiro atoms. The molecule has 2 aliphatic heterocycles. The quantitative estimate of drug-likeness (QED) is 0.924. The molecule has 1 atom stereocenters. The Hall–Kier alpha value is -1.26. The predicted molar refractivity (Wildman–Crippen MR) is 85.2 cm³/mol. The molecule has 0 saturated carbocycles. The highest BCUT2D eigenvalue weighted by Crippen LogP contribution is 2.26. The molecule has 0 amide bonds. The summed E-state index contributed by atoms with van der Waals surface area (Å²) >= 11 is 0. The first-order valence-electron chi connectivity index (χ1n) is 8.07. The largest absolute Gasteiger partial charge is 0.491 e. The standard InChI is InChI=1S/C17H26N2O2/c1-13(2)19-8-9-20-16(11-19)12-21-15-6-5-14-4-3-7-18-17(14)10-15/h5-6,10,13,16,18H,3-4,7-9,11-12H2,1-2H3. The topological polar surface area (TPSA) is 33.7 Å². The average molecular weight is 290 g/mol. The van der Waals surface area contributed by atoms with Crippen LogP contribution in [0.2, 0.25) is 0 Å². The van der Waals surface area contributed by atoms with Gasteiger partial charge in [0.1, 0.15) is 18.5 Å². The fraction of sp³-hybridized carbons (Fsp3) is 0.647. The summed E-state index contributed by atoms with van der Waals surface area (Å²) < 4.78 is 11.8. The van der Waals surface area contributed by atoms with E-state index in [0.29, 0.717) is 12.6 Å². The first kappa shape index (κ1) is 14.7. The third kappa shape index (κ3) is 3.69. The van der Waals surface area contributed by atoms with Gasteiger partial charge in [-0.15, -0.1) is 0 Å². The highest BCUT2D eigenvalue weighted by atomic mass is 16.5. The molecule has 116 valence electrons. The molecule has 1 fully saturated rings. The Morgan fingerprint density at radius 2 is 2.33 bits per heavy atom. The maximum absolute atomic E-state index is 5.95. The maximum Gasteiger partial charge on any atom is 0.121 e. The van der Waals surface area contributed by atoms with Crippen molar-refractivity contribution in [2.24, 2.45) is 0 Å². The minimum absolute atomic E-state index is 0.171. The molecule has 1 unspecified atom stereocenters. The van der Waals surface area contributed by atoms with Crippen molar-refractivity contribution in [1.82, 2.24) is 4.90 Å². The van der Waals surface area contributed by atoms with Crippen molar-refractivity contribution in [2.45, 2.75) is 38.8 Å². The van der Waals surface area contributed by atoms with Crippen LogP contribution < -0.4 is 10.1 Å². The van der Waals surface area contributed by atoms with Gasteiger partial charge in [-0.05, 0) is 38.3 Å². The van der Waals surface area contributed by atoms with Crippen LogP contribution in [0.5, 0.6) is 5.75 Å². The summed E-state index contributed by atoms with van der Waals surface area (Å²) in [5.41, 5.74) is 2.63. The number of morpholine rings is 1. The first-order valence-corrected chi connectivity index (χ1v) is 8.07. The molecule has 1 saturated heterocycles. The Morgan fingerprint density at radius 3 is 3.19 bits per heavy atom. The van der Waals surface area contributed by atoms with Gasteiger partial charge in [-0.25, -0.2) is 0 Å². The molecule has 0 bridgehead atoms. The van der Waals surface area contributed by atoms with Crippen molar-refractivity contribution < 1.29 is 9.47 Å². The number of nitrogens with zero attached hydrogens (tertiary/aromatic N) is 1. The number of fused-ring (bicyclic) bond motifs is 1. The monoisotopic (exact) mass is 290 g/mol. The van der Waals surface area contributed by atoms with Crippen LogP contribution in [0, 0.1) is 0 Å². The molecule has 4 nitrogen and oxygen atoms in total. The molecule has 2 aliphatic rings. The van der Waals surface area contributed by atoms with Crippen molar-refractivity contribution >= 4 is 5.69 Å². The molecular weight excluding hydrogens is 264 g/mol. The lowest BCUT2D eigenvalue weighted by Crippen LogP contribution is -2.47. The molecule has 0 radical (unpaired) electrons. The van der Waals surface area contributed by atoms with Gasteiger partial charge in [0, 0.05) is 37.4 Å². The van der Waals surface area contributed by atoms with Gasteiger partial charge < -0.3 is 14.8 Å². The van der Waals surface area contributed by atoms with Crippen LogP contribution in [-0.4, -0.2) is 49.9 Å². The van der Waals surface area contributed by atoms with Crippen LogP contribution in [0.1, 0.15) is 25.8 Å². The van der Waals surface area contributed by atoms with E-state index in [1.165, 1.54) is 17.7 Å². The Morgan fingerprint density at radius 1 is 1.43 bits per heavy atom. The zero-order chi connectivity index (χ0) is 14.7. The van der Waals surface area contributed by atoms with Gasteiger partial charge in [0.15, 0.2) is 0 Å². The normalized spacial score (nSPS) is 22.7. The molecule has 1 N–H and O–H groups in total. The fourth-order valence-corrected chi connectivity index (χ4v) is 3.03. The second-order valence-electron chi connectivity index (χ2n) is 6.24. The Bertz CT molecular complexity index is 476. The van der Waals surface area contributed by atoms with Crippen molar-refractivity contribution in [3.63, 3.8) is 0 Å². The van der Waals surface area contributed by atoms with Gasteiger partial charge in [-0.3, -0.25) is 4.90 Å². The number of hydrogen-bond donors (Lipinski definition) is 1. The zero-order valence-electron chi connectivity index (χ0n) is 13.1. The van der Waals surface area contributed by atoms with Crippen molar-refractivity contribution in [2.75, 3.05) is 38.2 Å². The fourth-order valence-electron chi connectivity index (χ4n) is 3.03. The molecular formula is C17H26N2O2. The van der Waals surface area contributed by atoms with E-state index in [9.17, 15) is 0 Å². The summed E-state index contributed by atoms with van der Waals surface area (Å²) in [7, 11) is 0. The number of hydrogen-bond acceptors (Lipinski definition) is 4. The summed E-state index contributed by atoms with van der Waals surface area (Å²) in [6.07, 6.45) is 2.55. The molecule has 1 aromatic carbocycles. The van der Waals surface area contributed by atoms with E-state index in [4.69, 9.17) is 9.47 Å². The van der Waals surface area contributed by atoms with E-state index >= 15 is 0 Å². The maximum atomic E-state index is 5.95. The molecule has 0 aliphatic carbocycles. The molecule has 0 aromatic heterocycles. The van der Waals surface area contributed by atoms with Gasteiger partial charge in [0.2, 0.25) is 0 Å². The van der Waals surface area contributed by atoms with E-state index in [0.717, 1.165) is 38.4 Å². The van der Waals surface area contributed by atoms with Gasteiger partial charge in [0.05, 0.1) is 6.61 Å². The van der Waals surface area contributed by atoms with Crippen LogP contribution >= 0.6 is 0 Å². The number of anilines is 1. The Labute approximate surface area is 127 Å². The van der Waals surface area contributed by atoms with Crippen LogP contribution in [0.15, 0.2) is 18.2 Å². The second-order valence-corrected chi connectivity index (χ2v) is 6.24. The van der Waals surface area contributed by atoms with Gasteiger partial charge >= 0.3 is 0 Å². The summed E-state index contributed by atoms with van der Waals surface area (Å²) in [6, 6.07) is 6.95. The summed E-state index contributed by atoms with van der Waals surface area (Å²) in [5, 5.41) is 3.44. The minimum atomic E-state index is 0.171. The van der Waals surface area contributed by atoms with Gasteiger partial charge in [-0.2, -0.15) is 0 Å². The molecule has 2 heterocycles. The zero-order valence-corrected chi connectivity index (χ0v) is 13.1.